The fourth-order valence-electron chi connectivity index (χ4n) is 2.23. The van der Waals surface area contributed by atoms with E-state index in [1.807, 2.05) is 24.4 Å². The van der Waals surface area contributed by atoms with Gasteiger partial charge >= 0.3 is 0 Å². The molecule has 0 aliphatic heterocycles. The molecule has 0 aliphatic carbocycles. The minimum Gasteiger partial charge on any atom is -0.256 e. The van der Waals surface area contributed by atoms with E-state index in [-0.39, 0.29) is 5.28 Å². The van der Waals surface area contributed by atoms with E-state index in [1.54, 1.807) is 17.5 Å². The molecule has 1 aromatic carbocycles. The van der Waals surface area contributed by atoms with Gasteiger partial charge in [0.05, 0.1) is 15.7 Å². The molecule has 0 spiro atoms. The lowest BCUT2D eigenvalue weighted by Gasteiger charge is -2.02. The van der Waals surface area contributed by atoms with Crippen molar-refractivity contribution in [1.29, 1.82) is 0 Å². The van der Waals surface area contributed by atoms with E-state index in [2.05, 4.69) is 32.5 Å². The first-order valence-electron chi connectivity index (χ1n) is 6.06. The second-order valence-corrected chi connectivity index (χ2v) is 5.67. The third-order valence-electron chi connectivity index (χ3n) is 3.19. The second kappa shape index (κ2) is 4.51. The minimum atomic E-state index is 0.269. The van der Waals surface area contributed by atoms with Gasteiger partial charge in [0.15, 0.2) is 0 Å². The molecule has 0 amide bonds. The second-order valence-electron chi connectivity index (χ2n) is 4.42. The lowest BCUT2D eigenvalue weighted by Crippen LogP contribution is -1.85. The lowest BCUT2D eigenvalue weighted by molar-refractivity contribution is 1.23. The Morgan fingerprint density at radius 3 is 2.90 bits per heavy atom. The van der Waals surface area contributed by atoms with Gasteiger partial charge in [-0.25, -0.2) is 9.97 Å². The molecule has 0 aliphatic rings. The highest BCUT2D eigenvalue weighted by molar-refractivity contribution is 7.17. The molecule has 0 N–H and O–H groups in total. The van der Waals surface area contributed by atoms with Gasteiger partial charge in [-0.1, -0.05) is 18.2 Å². The highest BCUT2D eigenvalue weighted by Gasteiger charge is 2.10. The molecule has 96 valence electrons. The number of hydrogen-bond acceptors (Lipinski definition) is 4. The summed E-state index contributed by atoms with van der Waals surface area (Å²) in [5.41, 5.74) is 3.97. The van der Waals surface area contributed by atoms with Crippen molar-refractivity contribution in [1.82, 2.24) is 15.0 Å². The zero-order valence-corrected chi connectivity index (χ0v) is 11.8. The molecule has 0 bridgehead atoms. The fraction of sp³-hybridized carbons (Fsp3) is 0. The van der Waals surface area contributed by atoms with E-state index >= 15 is 0 Å². The topological polar surface area (TPSA) is 38.7 Å². The van der Waals surface area contributed by atoms with Crippen molar-refractivity contribution in [3.05, 3.63) is 53.4 Å². The van der Waals surface area contributed by atoms with Crippen molar-refractivity contribution in [3.63, 3.8) is 0 Å². The van der Waals surface area contributed by atoms with Gasteiger partial charge in [-0.2, -0.15) is 0 Å². The van der Waals surface area contributed by atoms with Crippen LogP contribution in [0, 0.1) is 0 Å². The molecule has 0 unspecified atom stereocenters. The Balaban J connectivity index is 1.98. The summed E-state index contributed by atoms with van der Waals surface area (Å²) in [4.78, 5) is 12.8. The average molecular weight is 298 g/mol. The summed E-state index contributed by atoms with van der Waals surface area (Å²) < 4.78 is 1.03. The van der Waals surface area contributed by atoms with Crippen LogP contribution in [0.3, 0.4) is 0 Å². The van der Waals surface area contributed by atoms with Crippen LogP contribution in [0.25, 0.3) is 32.2 Å². The molecular weight excluding hydrogens is 290 g/mol. The number of pyridine rings is 1. The zero-order chi connectivity index (χ0) is 13.5. The molecule has 4 aromatic rings. The summed E-state index contributed by atoms with van der Waals surface area (Å²) in [5.74, 6) is 0. The average Bonchev–Trinajstić information content (AvgIpc) is 2.89. The SMILES string of the molecule is Clc1ncc2scc(-c3cnc4ccccc4c3)c2n1. The van der Waals surface area contributed by atoms with E-state index < -0.39 is 0 Å². The molecule has 0 radical (unpaired) electrons. The highest BCUT2D eigenvalue weighted by atomic mass is 35.5. The molecule has 0 saturated heterocycles. The van der Waals surface area contributed by atoms with Gasteiger partial charge in [-0.15, -0.1) is 11.3 Å². The number of benzene rings is 1. The maximum Gasteiger partial charge on any atom is 0.222 e. The standard InChI is InChI=1S/C15H8ClN3S/c16-15-18-7-13-14(19-15)11(8-20-13)10-5-9-3-1-2-4-12(9)17-6-10/h1-8H. The molecule has 5 heteroatoms. The number of aromatic nitrogens is 3. The van der Waals surface area contributed by atoms with E-state index in [0.29, 0.717) is 0 Å². The smallest absolute Gasteiger partial charge is 0.222 e. The Bertz CT molecular complexity index is 933. The number of halogens is 1. The van der Waals surface area contributed by atoms with Gasteiger partial charge in [-0.3, -0.25) is 4.98 Å². The highest BCUT2D eigenvalue weighted by Crippen LogP contribution is 2.33. The molecule has 3 heterocycles. The van der Waals surface area contributed by atoms with Crippen LogP contribution in [0.2, 0.25) is 5.28 Å². The fourth-order valence-corrected chi connectivity index (χ4v) is 3.24. The Hall–Kier alpha value is -2.04. The largest absolute Gasteiger partial charge is 0.256 e. The Kier molecular flexibility index (Phi) is 2.65. The predicted molar refractivity (Wildman–Crippen MR) is 83.2 cm³/mol. The third kappa shape index (κ3) is 1.85. The van der Waals surface area contributed by atoms with Crippen LogP contribution < -0.4 is 0 Å². The van der Waals surface area contributed by atoms with Gasteiger partial charge in [0.25, 0.3) is 0 Å². The van der Waals surface area contributed by atoms with Crippen molar-refractivity contribution in [3.8, 4) is 11.1 Å². The van der Waals surface area contributed by atoms with Crippen LogP contribution in [-0.4, -0.2) is 15.0 Å². The number of rotatable bonds is 1. The molecule has 0 saturated carbocycles. The maximum atomic E-state index is 5.90. The monoisotopic (exact) mass is 297 g/mol. The van der Waals surface area contributed by atoms with Crippen LogP contribution in [0.1, 0.15) is 0 Å². The number of para-hydroxylation sites is 1. The van der Waals surface area contributed by atoms with Gasteiger partial charge in [0.2, 0.25) is 5.28 Å². The van der Waals surface area contributed by atoms with Gasteiger partial charge < -0.3 is 0 Å². The predicted octanol–water partition coefficient (Wildman–Crippen LogP) is 4.56. The van der Waals surface area contributed by atoms with Crippen molar-refractivity contribution in [2.24, 2.45) is 0 Å². The molecule has 20 heavy (non-hydrogen) atoms. The van der Waals surface area contributed by atoms with Gasteiger partial charge in [-0.05, 0) is 23.7 Å². The molecule has 3 nitrogen and oxygen atoms in total. The number of hydrogen-bond donors (Lipinski definition) is 0. The molecule has 3 aromatic heterocycles. The molecular formula is C15H8ClN3S. The summed E-state index contributed by atoms with van der Waals surface area (Å²) in [6.07, 6.45) is 3.63. The third-order valence-corrected chi connectivity index (χ3v) is 4.27. The Morgan fingerprint density at radius 1 is 1.05 bits per heavy atom. The van der Waals surface area contributed by atoms with Crippen LogP contribution in [0.5, 0.6) is 0 Å². The van der Waals surface area contributed by atoms with Crippen molar-refractivity contribution >= 4 is 44.1 Å². The van der Waals surface area contributed by atoms with E-state index in [0.717, 1.165) is 32.2 Å². The first kappa shape index (κ1) is 11.8. The quantitative estimate of drug-likeness (QED) is 0.483. The zero-order valence-electron chi connectivity index (χ0n) is 10.2. The normalized spacial score (nSPS) is 11.2. The first-order valence-corrected chi connectivity index (χ1v) is 7.32. The van der Waals surface area contributed by atoms with Gasteiger partial charge in [0.1, 0.15) is 0 Å². The van der Waals surface area contributed by atoms with Crippen LogP contribution >= 0.6 is 22.9 Å². The Morgan fingerprint density at radius 2 is 1.95 bits per heavy atom. The van der Waals surface area contributed by atoms with Gasteiger partial charge in [0, 0.05) is 34.3 Å². The van der Waals surface area contributed by atoms with Crippen LogP contribution in [-0.2, 0) is 0 Å². The minimum absolute atomic E-state index is 0.269. The summed E-state index contributed by atoms with van der Waals surface area (Å²) in [6.45, 7) is 0. The molecule has 4 rings (SSSR count). The van der Waals surface area contributed by atoms with E-state index in [9.17, 15) is 0 Å². The summed E-state index contributed by atoms with van der Waals surface area (Å²) >= 11 is 7.51. The van der Waals surface area contributed by atoms with E-state index in [4.69, 9.17) is 11.6 Å². The Labute approximate surface area is 123 Å². The maximum absolute atomic E-state index is 5.90. The van der Waals surface area contributed by atoms with Crippen molar-refractivity contribution < 1.29 is 0 Å². The first-order chi connectivity index (χ1) is 9.81. The van der Waals surface area contributed by atoms with Crippen molar-refractivity contribution in [2.75, 3.05) is 0 Å². The molecule has 0 atom stereocenters. The molecule has 0 fully saturated rings. The van der Waals surface area contributed by atoms with Crippen molar-refractivity contribution in [2.45, 2.75) is 0 Å². The summed E-state index contributed by atoms with van der Waals surface area (Å²) in [6, 6.07) is 10.2. The number of nitrogens with zero attached hydrogens (tertiary/aromatic N) is 3. The summed E-state index contributed by atoms with van der Waals surface area (Å²) in [7, 11) is 0. The van der Waals surface area contributed by atoms with E-state index in [1.165, 1.54) is 0 Å². The van der Waals surface area contributed by atoms with Crippen LogP contribution in [0.15, 0.2) is 48.1 Å². The number of fused-ring (bicyclic) bond motifs is 2. The van der Waals surface area contributed by atoms with Crippen LogP contribution in [0.4, 0.5) is 0 Å². The number of thiophene rings is 1. The lowest BCUT2D eigenvalue weighted by atomic mass is 10.1. The summed E-state index contributed by atoms with van der Waals surface area (Å²) in [5, 5.41) is 3.46.